The van der Waals surface area contributed by atoms with Gasteiger partial charge in [-0.15, -0.1) is 0 Å². The van der Waals surface area contributed by atoms with Crippen molar-refractivity contribution in [2.45, 2.75) is 31.5 Å². The summed E-state index contributed by atoms with van der Waals surface area (Å²) >= 11 is 13.9. The van der Waals surface area contributed by atoms with Crippen molar-refractivity contribution in [1.82, 2.24) is 19.5 Å². The molecule has 9 heteroatoms. The van der Waals surface area contributed by atoms with Crippen LogP contribution in [0.25, 0.3) is 11.2 Å². The summed E-state index contributed by atoms with van der Waals surface area (Å²) in [4.78, 5) is 35.7. The van der Waals surface area contributed by atoms with Crippen LogP contribution in [-0.4, -0.2) is 25.3 Å². The van der Waals surface area contributed by atoms with E-state index in [1.807, 2.05) is 0 Å². The Balaban J connectivity index is 2.12. The number of fused-ring (bicyclic) bond motifs is 1. The quantitative estimate of drug-likeness (QED) is 0.289. The zero-order valence-electron chi connectivity index (χ0n) is 14.0. The molecule has 0 fully saturated rings. The van der Waals surface area contributed by atoms with Gasteiger partial charge < -0.3 is 4.98 Å². The summed E-state index contributed by atoms with van der Waals surface area (Å²) in [5.74, 6) is 0.881. The van der Waals surface area contributed by atoms with Crippen LogP contribution in [0, 0.1) is 0 Å². The first kappa shape index (κ1) is 18.9. The molecule has 2 aromatic heterocycles. The average Bonchev–Trinajstić information content (AvgIpc) is 2.62. The highest BCUT2D eigenvalue weighted by molar-refractivity contribution is 7.99. The summed E-state index contributed by atoms with van der Waals surface area (Å²) in [6.07, 6.45) is 3.63. The summed E-state index contributed by atoms with van der Waals surface area (Å²) in [6.45, 7) is 2.16. The Kier molecular flexibility index (Phi) is 6.01. The molecular weight excluding hydrogens is 395 g/mol. The Labute approximate surface area is 163 Å². The van der Waals surface area contributed by atoms with Gasteiger partial charge in [-0.1, -0.05) is 54.4 Å². The van der Waals surface area contributed by atoms with Crippen molar-refractivity contribution < 1.29 is 0 Å². The van der Waals surface area contributed by atoms with Crippen molar-refractivity contribution in [3.63, 3.8) is 0 Å². The SMILES string of the molecule is CCCCSc1ncc2[nH]c(=O)c(=O)n(Cc3c(Cl)cccc3Cl)c2n1. The molecule has 0 unspecified atom stereocenters. The number of aromatic amines is 1. The number of nitrogens with zero attached hydrogens (tertiary/aromatic N) is 3. The Hall–Kier alpha value is -1.83. The van der Waals surface area contributed by atoms with Crippen molar-refractivity contribution in [3.8, 4) is 0 Å². The highest BCUT2D eigenvalue weighted by atomic mass is 35.5. The van der Waals surface area contributed by atoms with Gasteiger partial charge in [0.05, 0.1) is 12.7 Å². The highest BCUT2D eigenvalue weighted by Crippen LogP contribution is 2.25. The fourth-order valence-corrected chi connectivity index (χ4v) is 3.82. The van der Waals surface area contributed by atoms with Gasteiger partial charge in [-0.2, -0.15) is 0 Å². The van der Waals surface area contributed by atoms with Crippen LogP contribution in [0.1, 0.15) is 25.3 Å². The summed E-state index contributed by atoms with van der Waals surface area (Å²) < 4.78 is 1.28. The lowest BCUT2D eigenvalue weighted by molar-refractivity contribution is 0.753. The van der Waals surface area contributed by atoms with Gasteiger partial charge in [0.25, 0.3) is 0 Å². The van der Waals surface area contributed by atoms with E-state index in [4.69, 9.17) is 23.2 Å². The lowest BCUT2D eigenvalue weighted by Gasteiger charge is -2.12. The van der Waals surface area contributed by atoms with Crippen molar-refractivity contribution >= 4 is 46.1 Å². The van der Waals surface area contributed by atoms with Crippen molar-refractivity contribution in [3.05, 3.63) is 60.7 Å². The van der Waals surface area contributed by atoms with E-state index in [0.717, 1.165) is 18.6 Å². The first-order valence-electron chi connectivity index (χ1n) is 8.06. The summed E-state index contributed by atoms with van der Waals surface area (Å²) in [5.41, 5.74) is -0.159. The monoisotopic (exact) mass is 410 g/mol. The maximum absolute atomic E-state index is 12.4. The number of rotatable bonds is 6. The van der Waals surface area contributed by atoms with Crippen LogP contribution in [0.2, 0.25) is 10.0 Å². The van der Waals surface area contributed by atoms with Gasteiger partial charge in [0.2, 0.25) is 0 Å². The van der Waals surface area contributed by atoms with Crippen molar-refractivity contribution in [2.75, 3.05) is 5.75 Å². The van der Waals surface area contributed by atoms with Crippen LogP contribution in [0.15, 0.2) is 39.1 Å². The first-order chi connectivity index (χ1) is 12.5. The van der Waals surface area contributed by atoms with Gasteiger partial charge in [-0.3, -0.25) is 14.2 Å². The number of hydrogen-bond donors (Lipinski definition) is 1. The molecule has 0 atom stereocenters. The highest BCUT2D eigenvalue weighted by Gasteiger charge is 2.14. The zero-order valence-corrected chi connectivity index (χ0v) is 16.3. The second-order valence-electron chi connectivity index (χ2n) is 5.64. The van der Waals surface area contributed by atoms with E-state index in [-0.39, 0.29) is 6.54 Å². The molecule has 136 valence electrons. The van der Waals surface area contributed by atoms with Crippen LogP contribution in [0.5, 0.6) is 0 Å². The molecule has 1 N–H and O–H groups in total. The fraction of sp³-hybridized carbons (Fsp3) is 0.294. The minimum atomic E-state index is -0.740. The molecule has 1 aromatic carbocycles. The Morgan fingerprint density at radius 3 is 2.65 bits per heavy atom. The molecule has 0 radical (unpaired) electrons. The number of unbranched alkanes of at least 4 members (excludes halogenated alkanes) is 1. The van der Waals surface area contributed by atoms with Gasteiger partial charge in [0.15, 0.2) is 10.8 Å². The number of nitrogens with one attached hydrogen (secondary N) is 1. The van der Waals surface area contributed by atoms with E-state index >= 15 is 0 Å². The maximum Gasteiger partial charge on any atom is 0.318 e. The molecule has 0 aliphatic rings. The minimum Gasteiger partial charge on any atom is -0.313 e. The molecule has 0 aliphatic heterocycles. The van der Waals surface area contributed by atoms with E-state index in [1.165, 1.54) is 22.5 Å². The number of halogens is 2. The van der Waals surface area contributed by atoms with Crippen LogP contribution in [0.3, 0.4) is 0 Å². The second-order valence-corrected chi connectivity index (χ2v) is 7.51. The molecule has 0 saturated carbocycles. The molecule has 3 aromatic rings. The molecule has 0 saturated heterocycles. The van der Waals surface area contributed by atoms with Crippen molar-refractivity contribution in [2.24, 2.45) is 0 Å². The lowest BCUT2D eigenvalue weighted by Crippen LogP contribution is -2.37. The molecule has 0 spiro atoms. The molecule has 0 bridgehead atoms. The third kappa shape index (κ3) is 3.95. The van der Waals surface area contributed by atoms with Crippen LogP contribution < -0.4 is 11.1 Å². The number of H-pyrrole nitrogens is 1. The first-order valence-corrected chi connectivity index (χ1v) is 9.81. The summed E-state index contributed by atoms with van der Waals surface area (Å²) in [5, 5.41) is 1.39. The van der Waals surface area contributed by atoms with E-state index in [2.05, 4.69) is 21.9 Å². The normalized spacial score (nSPS) is 11.2. The standard InChI is InChI=1S/C17H16Cl2N4O2S/c1-2-3-7-26-17-20-8-13-14(22-17)23(16(25)15(24)21-13)9-10-11(18)5-4-6-12(10)19/h4-6,8H,2-3,7,9H2,1H3,(H,21,24). The molecule has 0 amide bonds. The van der Waals surface area contributed by atoms with Gasteiger partial charge in [0, 0.05) is 21.4 Å². The van der Waals surface area contributed by atoms with Crippen LogP contribution in [0.4, 0.5) is 0 Å². The molecule has 3 rings (SSSR count). The Morgan fingerprint density at radius 1 is 1.23 bits per heavy atom. The lowest BCUT2D eigenvalue weighted by atomic mass is 10.2. The van der Waals surface area contributed by atoms with Gasteiger partial charge >= 0.3 is 11.1 Å². The van der Waals surface area contributed by atoms with Crippen LogP contribution >= 0.6 is 35.0 Å². The molecule has 2 heterocycles. The maximum atomic E-state index is 12.4. The summed E-state index contributed by atoms with van der Waals surface area (Å²) in [6, 6.07) is 5.09. The van der Waals surface area contributed by atoms with Gasteiger partial charge in [-0.05, 0) is 18.6 Å². The van der Waals surface area contributed by atoms with E-state index < -0.39 is 11.1 Å². The molecular formula is C17H16Cl2N4O2S. The van der Waals surface area contributed by atoms with E-state index in [9.17, 15) is 9.59 Å². The number of thioether (sulfide) groups is 1. The number of aromatic nitrogens is 4. The third-order valence-corrected chi connectivity index (χ3v) is 5.45. The Morgan fingerprint density at radius 2 is 1.96 bits per heavy atom. The van der Waals surface area contributed by atoms with E-state index in [0.29, 0.717) is 31.9 Å². The molecule has 6 nitrogen and oxygen atoms in total. The molecule has 26 heavy (non-hydrogen) atoms. The minimum absolute atomic E-state index is 0.0494. The smallest absolute Gasteiger partial charge is 0.313 e. The number of benzene rings is 1. The zero-order chi connectivity index (χ0) is 18.7. The fourth-order valence-electron chi connectivity index (χ4n) is 2.41. The second kappa shape index (κ2) is 8.24. The van der Waals surface area contributed by atoms with Gasteiger partial charge in [0.1, 0.15) is 5.52 Å². The Bertz CT molecular complexity index is 1040. The predicted molar refractivity (Wildman–Crippen MR) is 106 cm³/mol. The number of hydrogen-bond acceptors (Lipinski definition) is 5. The molecule has 0 aliphatic carbocycles. The predicted octanol–water partition coefficient (Wildman–Crippen LogP) is 3.73. The van der Waals surface area contributed by atoms with Crippen LogP contribution in [-0.2, 0) is 6.54 Å². The van der Waals surface area contributed by atoms with E-state index in [1.54, 1.807) is 18.2 Å². The van der Waals surface area contributed by atoms with Gasteiger partial charge in [-0.25, -0.2) is 9.97 Å². The summed E-state index contributed by atoms with van der Waals surface area (Å²) in [7, 11) is 0. The van der Waals surface area contributed by atoms with Crippen molar-refractivity contribution in [1.29, 1.82) is 0 Å². The largest absolute Gasteiger partial charge is 0.318 e. The average molecular weight is 411 g/mol. The third-order valence-electron chi connectivity index (χ3n) is 3.80. The topological polar surface area (TPSA) is 80.6 Å².